The monoisotopic (exact) mass is 394 g/mol. The Morgan fingerprint density at radius 3 is 2.21 bits per heavy atom. The summed E-state index contributed by atoms with van der Waals surface area (Å²) in [4.78, 5) is 15.1. The molecule has 5 heteroatoms. The van der Waals surface area contributed by atoms with Gasteiger partial charge in [-0.2, -0.15) is 0 Å². The summed E-state index contributed by atoms with van der Waals surface area (Å²) in [6, 6.07) is 15.3. The van der Waals surface area contributed by atoms with Crippen LogP contribution in [-0.4, -0.2) is 27.1 Å². The Morgan fingerprint density at radius 1 is 0.857 bits per heavy atom. The van der Waals surface area contributed by atoms with Crippen molar-refractivity contribution in [3.8, 4) is 27.7 Å². The van der Waals surface area contributed by atoms with Gasteiger partial charge in [-0.1, -0.05) is 0 Å². The van der Waals surface area contributed by atoms with E-state index in [0.717, 1.165) is 11.1 Å². The Bertz CT molecular complexity index is 1020. The topological polar surface area (TPSA) is 44.8 Å². The summed E-state index contributed by atoms with van der Waals surface area (Å²) in [6.45, 7) is 2.08. The van der Waals surface area contributed by atoms with Gasteiger partial charge in [0.25, 0.3) is 0 Å². The van der Waals surface area contributed by atoms with Crippen molar-refractivity contribution in [3.05, 3.63) is 70.6 Å². The van der Waals surface area contributed by atoms with Crippen LogP contribution in [0.5, 0.6) is 17.2 Å². The van der Waals surface area contributed by atoms with Crippen LogP contribution < -0.4 is 14.2 Å². The van der Waals surface area contributed by atoms with Crippen molar-refractivity contribution < 1.29 is 19.0 Å². The lowest BCUT2D eigenvalue weighted by Crippen LogP contribution is -1.97. The highest BCUT2D eigenvalue weighted by molar-refractivity contribution is 7.15. The van der Waals surface area contributed by atoms with E-state index in [1.54, 1.807) is 63.0 Å². The van der Waals surface area contributed by atoms with Crippen molar-refractivity contribution in [2.75, 3.05) is 21.3 Å². The number of ether oxygens (including phenoxy) is 3. The number of ketones is 1. The summed E-state index contributed by atoms with van der Waals surface area (Å²) in [6.07, 6.45) is 3.32. The molecule has 0 aliphatic carbocycles. The predicted octanol–water partition coefficient (Wildman–Crippen LogP) is 5.65. The first kappa shape index (κ1) is 19.7. The predicted molar refractivity (Wildman–Crippen MR) is 114 cm³/mol. The fourth-order valence-electron chi connectivity index (χ4n) is 2.86. The minimum absolute atomic E-state index is 0.125. The van der Waals surface area contributed by atoms with Crippen molar-refractivity contribution >= 4 is 23.2 Å². The second-order valence-corrected chi connectivity index (χ2v) is 7.42. The van der Waals surface area contributed by atoms with E-state index in [1.165, 1.54) is 9.75 Å². The lowest BCUT2D eigenvalue weighted by atomic mass is 10.1. The molecule has 3 aromatic rings. The van der Waals surface area contributed by atoms with Crippen molar-refractivity contribution in [1.82, 2.24) is 0 Å². The first-order chi connectivity index (χ1) is 13.5. The Hall–Kier alpha value is -3.05. The molecule has 1 aromatic heterocycles. The molecule has 28 heavy (non-hydrogen) atoms. The van der Waals surface area contributed by atoms with Crippen LogP contribution in [0.25, 0.3) is 16.5 Å². The van der Waals surface area contributed by atoms with Crippen LogP contribution in [0.4, 0.5) is 0 Å². The summed E-state index contributed by atoms with van der Waals surface area (Å²) < 4.78 is 15.9. The maximum Gasteiger partial charge on any atom is 0.185 e. The Balaban J connectivity index is 1.89. The summed E-state index contributed by atoms with van der Waals surface area (Å²) >= 11 is 1.73. The van der Waals surface area contributed by atoms with Gasteiger partial charge in [0.05, 0.1) is 21.3 Å². The Labute approximate surface area is 169 Å². The normalized spacial score (nSPS) is 10.9. The highest BCUT2D eigenvalue weighted by atomic mass is 32.1. The molecule has 0 aliphatic heterocycles. The molecule has 2 aromatic carbocycles. The maximum absolute atomic E-state index is 12.6. The molecule has 0 saturated carbocycles. The quantitative estimate of drug-likeness (QED) is 0.384. The summed E-state index contributed by atoms with van der Waals surface area (Å²) in [5, 5.41) is 0. The van der Waals surface area contributed by atoms with Gasteiger partial charge in [-0.05, 0) is 73.2 Å². The average molecular weight is 394 g/mol. The minimum atomic E-state index is -0.125. The molecule has 0 amide bonds. The van der Waals surface area contributed by atoms with Crippen LogP contribution in [0.15, 0.2) is 54.6 Å². The molecule has 0 aliphatic rings. The molecule has 0 radical (unpaired) electrons. The molecule has 4 nitrogen and oxygen atoms in total. The van der Waals surface area contributed by atoms with E-state index in [0.29, 0.717) is 22.8 Å². The van der Waals surface area contributed by atoms with E-state index in [1.807, 2.05) is 18.2 Å². The highest BCUT2D eigenvalue weighted by Gasteiger charge is 2.10. The van der Waals surface area contributed by atoms with Crippen molar-refractivity contribution in [2.45, 2.75) is 6.92 Å². The first-order valence-corrected chi connectivity index (χ1v) is 9.56. The van der Waals surface area contributed by atoms with Gasteiger partial charge in [0.2, 0.25) is 0 Å². The number of hydrogen-bond donors (Lipinski definition) is 0. The SMILES string of the molecule is COc1ccc(-c2ccc(C)s2)cc1/C=C/C(=O)c1ccc(OC)c(OC)c1. The number of rotatable bonds is 7. The molecule has 144 valence electrons. The lowest BCUT2D eigenvalue weighted by molar-refractivity contribution is 0.104. The van der Waals surface area contributed by atoms with Crippen LogP contribution in [0.3, 0.4) is 0 Å². The fraction of sp³-hybridized carbons (Fsp3) is 0.174. The van der Waals surface area contributed by atoms with Crippen molar-refractivity contribution in [3.63, 3.8) is 0 Å². The van der Waals surface area contributed by atoms with Crippen LogP contribution in [-0.2, 0) is 0 Å². The molecule has 0 saturated heterocycles. The molecular weight excluding hydrogens is 372 g/mol. The third-order valence-corrected chi connectivity index (χ3v) is 5.39. The van der Waals surface area contributed by atoms with Gasteiger partial charge in [0, 0.05) is 20.9 Å². The number of hydrogen-bond acceptors (Lipinski definition) is 5. The number of carbonyl (C=O) groups excluding carboxylic acids is 1. The molecule has 0 fully saturated rings. The fourth-order valence-corrected chi connectivity index (χ4v) is 3.72. The van der Waals surface area contributed by atoms with Crippen molar-refractivity contribution in [2.24, 2.45) is 0 Å². The second-order valence-electron chi connectivity index (χ2n) is 6.13. The Morgan fingerprint density at radius 2 is 1.57 bits per heavy atom. The molecule has 0 bridgehead atoms. The second kappa shape index (κ2) is 8.76. The standard InChI is InChI=1S/C23H22O4S/c1-15-5-12-23(28-15)18-8-10-20(25-2)17(13-18)6-9-19(24)16-7-11-21(26-3)22(14-16)27-4/h5-14H,1-4H3/b9-6+. The summed E-state index contributed by atoms with van der Waals surface area (Å²) in [5.41, 5.74) is 2.47. The molecule has 0 atom stereocenters. The van der Waals surface area contributed by atoms with Crippen LogP contribution in [0.2, 0.25) is 0 Å². The third-order valence-electron chi connectivity index (χ3n) is 4.34. The number of carbonyl (C=O) groups is 1. The molecule has 1 heterocycles. The molecule has 3 rings (SSSR count). The first-order valence-electron chi connectivity index (χ1n) is 8.75. The van der Waals surface area contributed by atoms with E-state index in [4.69, 9.17) is 14.2 Å². The largest absolute Gasteiger partial charge is 0.496 e. The summed E-state index contributed by atoms with van der Waals surface area (Å²) in [7, 11) is 4.73. The van der Waals surface area contributed by atoms with E-state index in [-0.39, 0.29) is 5.78 Å². The van der Waals surface area contributed by atoms with E-state index >= 15 is 0 Å². The highest BCUT2D eigenvalue weighted by Crippen LogP contribution is 2.32. The molecular formula is C23H22O4S. The van der Waals surface area contributed by atoms with E-state index < -0.39 is 0 Å². The van der Waals surface area contributed by atoms with Crippen LogP contribution >= 0.6 is 11.3 Å². The molecule has 0 spiro atoms. The van der Waals surface area contributed by atoms with E-state index in [9.17, 15) is 4.79 Å². The van der Waals surface area contributed by atoms with Gasteiger partial charge in [0.1, 0.15) is 5.75 Å². The van der Waals surface area contributed by atoms with Gasteiger partial charge < -0.3 is 14.2 Å². The summed E-state index contributed by atoms with van der Waals surface area (Å²) in [5.74, 6) is 1.70. The minimum Gasteiger partial charge on any atom is -0.496 e. The number of methoxy groups -OCH3 is 3. The number of aryl methyl sites for hydroxylation is 1. The zero-order chi connectivity index (χ0) is 20.1. The molecule has 0 N–H and O–H groups in total. The van der Waals surface area contributed by atoms with E-state index in [2.05, 4.69) is 19.1 Å². The number of allylic oxidation sites excluding steroid dienone is 1. The van der Waals surface area contributed by atoms with Gasteiger partial charge in [-0.3, -0.25) is 4.79 Å². The lowest BCUT2D eigenvalue weighted by Gasteiger charge is -2.08. The van der Waals surface area contributed by atoms with Crippen LogP contribution in [0.1, 0.15) is 20.8 Å². The average Bonchev–Trinajstić information content (AvgIpc) is 3.17. The maximum atomic E-state index is 12.6. The molecule has 0 unspecified atom stereocenters. The third kappa shape index (κ3) is 4.26. The van der Waals surface area contributed by atoms with Crippen molar-refractivity contribution in [1.29, 1.82) is 0 Å². The van der Waals surface area contributed by atoms with Gasteiger partial charge >= 0.3 is 0 Å². The van der Waals surface area contributed by atoms with Gasteiger partial charge in [-0.25, -0.2) is 0 Å². The smallest absolute Gasteiger partial charge is 0.185 e. The number of thiophene rings is 1. The Kier molecular flexibility index (Phi) is 6.16. The van der Waals surface area contributed by atoms with Crippen LogP contribution in [0, 0.1) is 6.92 Å². The van der Waals surface area contributed by atoms with Gasteiger partial charge in [0.15, 0.2) is 17.3 Å². The van der Waals surface area contributed by atoms with Gasteiger partial charge in [-0.15, -0.1) is 11.3 Å². The zero-order valence-electron chi connectivity index (χ0n) is 16.3. The zero-order valence-corrected chi connectivity index (χ0v) is 17.1. The number of benzene rings is 2.